The summed E-state index contributed by atoms with van der Waals surface area (Å²) in [6.45, 7) is 20.4. The van der Waals surface area contributed by atoms with E-state index in [0.717, 1.165) is 12.8 Å². The molecule has 202 valence electrons. The van der Waals surface area contributed by atoms with Crippen molar-refractivity contribution in [3.8, 4) is 11.1 Å². The van der Waals surface area contributed by atoms with Crippen molar-refractivity contribution in [1.82, 2.24) is 0 Å². The fourth-order valence-electron chi connectivity index (χ4n) is 5.04. The summed E-state index contributed by atoms with van der Waals surface area (Å²) in [5, 5.41) is 0. The van der Waals surface area contributed by atoms with Crippen molar-refractivity contribution in [2.24, 2.45) is 5.41 Å². The normalized spacial score (nSPS) is 16.6. The summed E-state index contributed by atoms with van der Waals surface area (Å²) in [4.78, 5) is 0. The van der Waals surface area contributed by atoms with Gasteiger partial charge in [0.2, 0.25) is 0 Å². The van der Waals surface area contributed by atoms with Crippen LogP contribution in [0, 0.1) is 17.6 Å². The molecule has 1 fully saturated rings. The Labute approximate surface area is 249 Å². The molecule has 2 aromatic carbocycles. The van der Waals surface area contributed by atoms with Crippen molar-refractivity contribution in [1.29, 1.82) is 0 Å². The van der Waals surface area contributed by atoms with E-state index in [0.29, 0.717) is 5.41 Å². The zero-order valence-electron chi connectivity index (χ0n) is 25.7. The Morgan fingerprint density at radius 1 is 0.816 bits per heavy atom. The summed E-state index contributed by atoms with van der Waals surface area (Å²) >= 11 is 1.69. The van der Waals surface area contributed by atoms with Crippen LogP contribution in [0.3, 0.4) is 0 Å². The predicted octanol–water partition coefficient (Wildman–Crippen LogP) is 10.4. The third-order valence-electron chi connectivity index (χ3n) is 8.35. The molecule has 0 heterocycles. The Bertz CT molecular complexity index is 1100. The molecule has 0 saturated heterocycles. The molecule has 0 nitrogen and oxygen atoms in total. The molecular weight excluding hydrogens is 536 g/mol. The molecule has 2 aromatic rings. The molecule has 0 atom stereocenters. The topological polar surface area (TPSA) is 0 Å². The van der Waals surface area contributed by atoms with E-state index >= 15 is 0 Å². The summed E-state index contributed by atoms with van der Waals surface area (Å²) in [7, 11) is 0. The van der Waals surface area contributed by atoms with E-state index < -0.39 is 0 Å². The maximum absolute atomic E-state index is 3.53. The van der Waals surface area contributed by atoms with Crippen molar-refractivity contribution in [2.45, 2.75) is 125 Å². The second kappa shape index (κ2) is 12.9. The molecule has 0 N–H and O–H groups in total. The van der Waals surface area contributed by atoms with Crippen LogP contribution in [0.25, 0.3) is 11.1 Å². The van der Waals surface area contributed by atoms with Gasteiger partial charge in [0, 0.05) is 0 Å². The summed E-state index contributed by atoms with van der Waals surface area (Å²) in [6.07, 6.45) is 18.2. The van der Waals surface area contributed by atoms with Gasteiger partial charge in [0.1, 0.15) is 0 Å². The van der Waals surface area contributed by atoms with Crippen LogP contribution in [-0.2, 0) is 41.5 Å². The molecule has 38 heavy (non-hydrogen) atoms. The van der Waals surface area contributed by atoms with E-state index in [1.807, 2.05) is 0 Å². The van der Waals surface area contributed by atoms with Gasteiger partial charge in [-0.2, -0.15) is 41.0 Å². The molecule has 1 saturated carbocycles. The molecule has 3 aliphatic rings. The van der Waals surface area contributed by atoms with Crippen LogP contribution in [0.5, 0.6) is 0 Å². The van der Waals surface area contributed by atoms with Gasteiger partial charge < -0.3 is 0 Å². The number of benzene rings is 2. The molecule has 0 spiro atoms. The van der Waals surface area contributed by atoms with Crippen LogP contribution in [0.15, 0.2) is 48.1 Å². The maximum atomic E-state index is 3.53. The molecule has 5 rings (SSSR count). The van der Waals surface area contributed by atoms with Gasteiger partial charge >= 0.3 is 59.5 Å². The number of fused-ring (bicyclic) bond motifs is 3. The van der Waals surface area contributed by atoms with E-state index in [1.165, 1.54) is 77.5 Å². The SMILES string of the molecule is CC(C)(C)c1c[c-]c2c(c1)-c1cc(C(C)(C)C)ccc1C2.CCC(C)(C)C1=CC[C-]=C1.[Zr+2]=[C]1CCCCC1. The predicted molar refractivity (Wildman–Crippen MR) is 164 cm³/mol. The Kier molecular flexibility index (Phi) is 10.6. The number of rotatable bonds is 2. The van der Waals surface area contributed by atoms with E-state index in [4.69, 9.17) is 0 Å². The van der Waals surface area contributed by atoms with Crippen molar-refractivity contribution >= 4 is 3.21 Å². The van der Waals surface area contributed by atoms with Gasteiger partial charge in [-0.05, 0) is 17.4 Å². The zero-order valence-corrected chi connectivity index (χ0v) is 28.2. The van der Waals surface area contributed by atoms with E-state index in [-0.39, 0.29) is 10.8 Å². The first kappa shape index (κ1) is 31.2. The first-order chi connectivity index (χ1) is 17.7. The van der Waals surface area contributed by atoms with Crippen LogP contribution >= 0.6 is 0 Å². The van der Waals surface area contributed by atoms with Crippen LogP contribution in [-0.4, -0.2) is 3.21 Å². The van der Waals surface area contributed by atoms with Gasteiger partial charge in [0.05, 0.1) is 0 Å². The monoisotopic (exact) mass is 584 g/mol. The molecule has 0 amide bonds. The van der Waals surface area contributed by atoms with Gasteiger partial charge in [-0.3, -0.25) is 6.08 Å². The first-order valence-electron chi connectivity index (χ1n) is 14.7. The Morgan fingerprint density at radius 2 is 1.45 bits per heavy atom. The summed E-state index contributed by atoms with van der Waals surface area (Å²) in [5.74, 6) is 0. The van der Waals surface area contributed by atoms with Crippen molar-refractivity contribution in [3.63, 3.8) is 0 Å². The minimum atomic E-state index is 0.177. The number of hydrogen-bond acceptors (Lipinski definition) is 0. The molecule has 3 aliphatic carbocycles. The van der Waals surface area contributed by atoms with Gasteiger partial charge in [-0.15, -0.1) is 12.0 Å². The van der Waals surface area contributed by atoms with Crippen molar-refractivity contribution in [2.75, 3.05) is 0 Å². The zero-order chi connectivity index (χ0) is 28.1. The van der Waals surface area contributed by atoms with Gasteiger partial charge in [-0.25, -0.2) is 6.08 Å². The standard InChI is InChI=1S/C21H25.C10H15.C6H10.Zr/c1-20(2,3)16-9-7-14-11-15-8-10-17(21(4,5)6)13-19(15)18(14)12-16;1-4-10(2,3)9-7-5-6-8-9;1-2-4-6-5-3-1;/h7,9-10,12-13H,11H2,1-6H3;7-8H,4-5H2,1-3H3;1-5H2;/q2*-1;;+2. The molecule has 0 aliphatic heterocycles. The van der Waals surface area contributed by atoms with Crippen LogP contribution in [0.2, 0.25) is 0 Å². The molecular formula is C37H50Zr. The van der Waals surface area contributed by atoms with Crippen molar-refractivity contribution in [3.05, 3.63) is 82.5 Å². The Hall–Kier alpha value is -1.33. The Morgan fingerprint density at radius 3 is 1.95 bits per heavy atom. The summed E-state index contributed by atoms with van der Waals surface area (Å²) in [5.41, 5.74) is 10.6. The van der Waals surface area contributed by atoms with Gasteiger partial charge in [0.25, 0.3) is 0 Å². The molecule has 1 heteroatoms. The summed E-state index contributed by atoms with van der Waals surface area (Å²) < 4.78 is 1.80. The van der Waals surface area contributed by atoms with Crippen molar-refractivity contribution < 1.29 is 24.2 Å². The number of allylic oxidation sites excluding steroid dienone is 4. The van der Waals surface area contributed by atoms with Crippen LogP contribution in [0.1, 0.15) is 130 Å². The van der Waals surface area contributed by atoms with E-state index in [1.54, 1.807) is 27.4 Å². The molecule has 0 aromatic heterocycles. The fraction of sp³-hybridized carbons (Fsp3) is 0.541. The quantitative estimate of drug-likeness (QED) is 0.262. The average Bonchev–Trinajstić information content (AvgIpc) is 3.52. The Balaban J connectivity index is 0.000000194. The van der Waals surface area contributed by atoms with Gasteiger partial charge in [0.15, 0.2) is 0 Å². The average molecular weight is 586 g/mol. The second-order valence-corrected chi connectivity index (χ2v) is 15.7. The molecule has 0 bridgehead atoms. The minimum absolute atomic E-state index is 0.177. The van der Waals surface area contributed by atoms with E-state index in [9.17, 15) is 0 Å². The van der Waals surface area contributed by atoms with Gasteiger partial charge in [-0.1, -0.05) is 109 Å². The fourth-order valence-corrected chi connectivity index (χ4v) is 5.90. The summed E-state index contributed by atoms with van der Waals surface area (Å²) in [6, 6.07) is 15.1. The van der Waals surface area contributed by atoms with Crippen LogP contribution < -0.4 is 0 Å². The third kappa shape index (κ3) is 8.34. The second-order valence-electron chi connectivity index (χ2n) is 13.9. The van der Waals surface area contributed by atoms with E-state index in [2.05, 4.69) is 117 Å². The first-order valence-corrected chi connectivity index (χ1v) is 16.0. The molecule has 0 unspecified atom stereocenters. The third-order valence-corrected chi connectivity index (χ3v) is 9.58. The number of hydrogen-bond donors (Lipinski definition) is 0. The molecule has 0 radical (unpaired) electrons. The van der Waals surface area contributed by atoms with Crippen LogP contribution in [0.4, 0.5) is 0 Å².